The molecule has 0 unspecified atom stereocenters. The highest BCUT2D eigenvalue weighted by Crippen LogP contribution is 2.29. The van der Waals surface area contributed by atoms with E-state index in [2.05, 4.69) is 10.2 Å². The van der Waals surface area contributed by atoms with Crippen molar-refractivity contribution in [1.82, 2.24) is 24.0 Å². The van der Waals surface area contributed by atoms with E-state index >= 15 is 0 Å². The van der Waals surface area contributed by atoms with E-state index in [1.807, 2.05) is 54.8 Å². The zero-order valence-electron chi connectivity index (χ0n) is 18.6. The Bertz CT molecular complexity index is 1170. The molecule has 10 heteroatoms. The number of amides is 1. The summed E-state index contributed by atoms with van der Waals surface area (Å²) >= 11 is 1.29. The van der Waals surface area contributed by atoms with Gasteiger partial charge in [-0.3, -0.25) is 9.36 Å². The second kappa shape index (κ2) is 10.3. The van der Waals surface area contributed by atoms with Gasteiger partial charge in [0.25, 0.3) is 0 Å². The van der Waals surface area contributed by atoms with Crippen LogP contribution in [-0.2, 0) is 14.8 Å². The first-order valence-corrected chi connectivity index (χ1v) is 12.7. The molecule has 3 rings (SSSR count). The third kappa shape index (κ3) is 5.03. The Labute approximate surface area is 193 Å². The number of para-hydroxylation sites is 1. The predicted molar refractivity (Wildman–Crippen MR) is 126 cm³/mol. The lowest BCUT2D eigenvalue weighted by molar-refractivity contribution is -0.125. The molecule has 0 spiro atoms. The van der Waals surface area contributed by atoms with Gasteiger partial charge < -0.3 is 4.90 Å². The molecule has 3 aromatic rings. The Morgan fingerprint density at radius 1 is 1.00 bits per heavy atom. The summed E-state index contributed by atoms with van der Waals surface area (Å²) in [5.41, 5.74) is 1.45. The minimum Gasteiger partial charge on any atom is -0.348 e. The van der Waals surface area contributed by atoms with E-state index < -0.39 is 10.0 Å². The number of sulfonamides is 1. The average molecular weight is 474 g/mol. The summed E-state index contributed by atoms with van der Waals surface area (Å²) in [5.74, 6) is 0.688. The number of nitrogens with zero attached hydrogens (tertiary/aromatic N) is 5. The van der Waals surface area contributed by atoms with Crippen LogP contribution in [0.1, 0.15) is 13.8 Å². The number of hydrogen-bond donors (Lipinski definition) is 0. The summed E-state index contributed by atoms with van der Waals surface area (Å²) in [6, 6.07) is 16.3. The van der Waals surface area contributed by atoms with Gasteiger partial charge in [0.1, 0.15) is 0 Å². The third-order valence-electron chi connectivity index (χ3n) is 4.91. The number of carbonyl (C=O) groups is 1. The van der Waals surface area contributed by atoms with Crippen LogP contribution in [0.2, 0.25) is 0 Å². The highest BCUT2D eigenvalue weighted by molar-refractivity contribution is 7.99. The van der Waals surface area contributed by atoms with Crippen LogP contribution in [0.4, 0.5) is 0 Å². The monoisotopic (exact) mass is 473 g/mol. The Balaban J connectivity index is 2.08. The van der Waals surface area contributed by atoms with Crippen LogP contribution >= 0.6 is 11.8 Å². The number of carbonyl (C=O) groups excluding carboxylic acids is 1. The molecule has 1 amide bonds. The molecule has 0 saturated carbocycles. The van der Waals surface area contributed by atoms with Crippen molar-refractivity contribution < 1.29 is 13.2 Å². The average Bonchev–Trinajstić information content (AvgIpc) is 3.22. The summed E-state index contributed by atoms with van der Waals surface area (Å²) in [6.45, 7) is 4.42. The van der Waals surface area contributed by atoms with E-state index in [4.69, 9.17) is 0 Å². The molecule has 0 aliphatic heterocycles. The van der Waals surface area contributed by atoms with Crippen molar-refractivity contribution in [3.05, 3.63) is 54.6 Å². The number of thioether (sulfide) groups is 1. The van der Waals surface area contributed by atoms with Crippen molar-refractivity contribution in [3.8, 4) is 17.1 Å². The molecule has 8 nitrogen and oxygen atoms in total. The van der Waals surface area contributed by atoms with Gasteiger partial charge in [-0.2, -0.15) is 4.31 Å². The van der Waals surface area contributed by atoms with Gasteiger partial charge in [-0.15, -0.1) is 10.2 Å². The van der Waals surface area contributed by atoms with Gasteiger partial charge in [0.2, 0.25) is 15.9 Å². The fraction of sp³-hybridized carbons (Fsp3) is 0.318. The van der Waals surface area contributed by atoms with Crippen molar-refractivity contribution >= 4 is 27.7 Å². The number of aromatic nitrogens is 3. The summed E-state index contributed by atoms with van der Waals surface area (Å²) in [5, 5.41) is 9.21. The summed E-state index contributed by atoms with van der Waals surface area (Å²) in [4.78, 5) is 13.8. The second-order valence-electron chi connectivity index (χ2n) is 7.17. The molecule has 0 aliphatic carbocycles. The maximum absolute atomic E-state index is 13.0. The normalized spacial score (nSPS) is 11.7. The molecular formula is C22H27N5O3S2. The van der Waals surface area contributed by atoms with Crippen molar-refractivity contribution in [2.45, 2.75) is 23.9 Å². The van der Waals surface area contributed by atoms with E-state index in [-0.39, 0.29) is 16.6 Å². The molecular weight excluding hydrogens is 446 g/mol. The first-order chi connectivity index (χ1) is 15.3. The fourth-order valence-corrected chi connectivity index (χ4v) is 5.56. The molecule has 0 aliphatic rings. The van der Waals surface area contributed by atoms with Gasteiger partial charge in [-0.1, -0.05) is 55.9 Å². The fourth-order valence-electron chi connectivity index (χ4n) is 3.12. The summed E-state index contributed by atoms with van der Waals surface area (Å²) in [6.07, 6.45) is 0. The number of benzene rings is 2. The number of rotatable bonds is 9. The Hall–Kier alpha value is -2.69. The zero-order valence-corrected chi connectivity index (χ0v) is 20.2. The van der Waals surface area contributed by atoms with Gasteiger partial charge in [-0.25, -0.2) is 8.42 Å². The van der Waals surface area contributed by atoms with Gasteiger partial charge in [0, 0.05) is 38.4 Å². The minimum atomic E-state index is -3.61. The predicted octanol–water partition coefficient (Wildman–Crippen LogP) is 3.15. The van der Waals surface area contributed by atoms with Crippen LogP contribution in [0.3, 0.4) is 0 Å². The molecule has 0 radical (unpaired) electrons. The summed E-state index contributed by atoms with van der Waals surface area (Å²) < 4.78 is 29.3. The molecule has 0 fully saturated rings. The molecule has 32 heavy (non-hydrogen) atoms. The molecule has 1 aromatic heterocycles. The molecule has 2 aromatic carbocycles. The third-order valence-corrected chi connectivity index (χ3v) is 7.87. The Morgan fingerprint density at radius 3 is 2.31 bits per heavy atom. The quantitative estimate of drug-likeness (QED) is 0.444. The van der Waals surface area contributed by atoms with Gasteiger partial charge in [0.15, 0.2) is 11.0 Å². The topological polar surface area (TPSA) is 88.4 Å². The SMILES string of the molecule is CCN(CC)S(=O)(=O)c1cccc(-c2nnc(SCC(=O)N(C)C)n2-c2ccccc2)c1. The van der Waals surface area contributed by atoms with Crippen LogP contribution < -0.4 is 0 Å². The zero-order chi connectivity index (χ0) is 23.3. The highest BCUT2D eigenvalue weighted by atomic mass is 32.2. The van der Waals surface area contributed by atoms with Gasteiger partial charge in [0.05, 0.1) is 10.6 Å². The van der Waals surface area contributed by atoms with Gasteiger partial charge >= 0.3 is 0 Å². The highest BCUT2D eigenvalue weighted by Gasteiger charge is 2.23. The first kappa shape index (κ1) is 24.0. The number of hydrogen-bond acceptors (Lipinski definition) is 6. The van der Waals surface area contributed by atoms with E-state index in [9.17, 15) is 13.2 Å². The molecule has 0 atom stereocenters. The minimum absolute atomic E-state index is 0.0357. The standard InChI is InChI=1S/C22H27N5O3S2/c1-5-26(6-2)32(29,30)19-14-10-11-17(15-19)21-23-24-22(31-16-20(28)25(3)4)27(21)18-12-8-7-9-13-18/h7-15H,5-6,16H2,1-4H3. The summed E-state index contributed by atoms with van der Waals surface area (Å²) in [7, 11) is -0.200. The van der Waals surface area contributed by atoms with Crippen molar-refractivity contribution in [2.75, 3.05) is 32.9 Å². The lowest BCUT2D eigenvalue weighted by Crippen LogP contribution is -2.30. The first-order valence-electron chi connectivity index (χ1n) is 10.2. The van der Waals surface area contributed by atoms with Crippen molar-refractivity contribution in [1.29, 1.82) is 0 Å². The van der Waals surface area contributed by atoms with Crippen LogP contribution in [0.5, 0.6) is 0 Å². The lowest BCUT2D eigenvalue weighted by Gasteiger charge is -2.19. The van der Waals surface area contributed by atoms with Crippen LogP contribution in [0, 0.1) is 0 Å². The molecule has 0 bridgehead atoms. The second-order valence-corrected chi connectivity index (χ2v) is 10.1. The van der Waals surface area contributed by atoms with Crippen LogP contribution in [0.25, 0.3) is 17.1 Å². The van der Waals surface area contributed by atoms with Crippen molar-refractivity contribution in [2.24, 2.45) is 0 Å². The lowest BCUT2D eigenvalue weighted by atomic mass is 10.2. The van der Waals surface area contributed by atoms with E-state index in [0.29, 0.717) is 29.6 Å². The maximum Gasteiger partial charge on any atom is 0.243 e. The molecule has 170 valence electrons. The molecule has 0 saturated heterocycles. The van der Waals surface area contributed by atoms with Gasteiger partial charge in [-0.05, 0) is 24.3 Å². The maximum atomic E-state index is 13.0. The Morgan fingerprint density at radius 2 is 1.69 bits per heavy atom. The van der Waals surface area contributed by atoms with E-state index in [1.54, 1.807) is 32.3 Å². The van der Waals surface area contributed by atoms with Crippen molar-refractivity contribution in [3.63, 3.8) is 0 Å². The van der Waals surface area contributed by atoms with Crippen LogP contribution in [-0.4, -0.2) is 71.2 Å². The van der Waals surface area contributed by atoms with E-state index in [1.165, 1.54) is 21.0 Å². The van der Waals surface area contributed by atoms with Crippen LogP contribution in [0.15, 0.2) is 64.6 Å². The smallest absolute Gasteiger partial charge is 0.243 e. The Kier molecular flexibility index (Phi) is 7.70. The largest absolute Gasteiger partial charge is 0.348 e. The molecule has 0 N–H and O–H groups in total. The van der Waals surface area contributed by atoms with E-state index in [0.717, 1.165) is 5.69 Å². The molecule has 1 heterocycles.